The molecule has 0 spiro atoms. The van der Waals surface area contributed by atoms with Crippen molar-refractivity contribution in [1.29, 1.82) is 0 Å². The van der Waals surface area contributed by atoms with Crippen LogP contribution in [0.25, 0.3) is 0 Å². The lowest BCUT2D eigenvalue weighted by atomic mass is 9.79. The molecule has 0 fully saturated rings. The van der Waals surface area contributed by atoms with Gasteiger partial charge in [-0.3, -0.25) is 19.3 Å². The number of likely N-dealkylation sites (N-methyl/N-ethyl adjacent to an activating group) is 4. The number of rotatable bonds is 5. The third kappa shape index (κ3) is 14.7. The number of hydrogen-bond acceptors (Lipinski definition) is 25. The van der Waals surface area contributed by atoms with Crippen LogP contribution >= 0.6 is 0 Å². The van der Waals surface area contributed by atoms with Gasteiger partial charge in [0.1, 0.15) is 55.5 Å². The number of methoxy groups -OCH3 is 3. The smallest absolute Gasteiger partial charge is 0.446 e. The molecule has 0 radical (unpaired) electrons. The standard InChI is InChI=1S/C16H19NO4.C16H19NO2.C15H17NO6S.3C15H17NO3/c1-17(19)7-9-3-4-12(20-2)16-15(9)14-10(8-17)5-11(18)6-13(14)21-16;1-9-3-4-10-7-17(2)8-11-5-12(18)6-13-14(11)15(10)16(9)19-13;1-16-6-8-2-3-11(22-23(18,19)20)15-14(8)13-9(7-16)4-10(17)5-12(13)21-15;2*1-18-11-3-2-8-6-16-7-9-4-10(17)5-12-13(9)14(8)15(11)19-12;1-16-6-8-2-3-11(18)15-14(8)13-9(7-16)4-10(17)5-12(13)19-15/h3-5,11,13-14,18H,6-8H2,1-2H3;3-5,12-14,18H,6-8H2,1-2H3;2-4,10,12-13,17H,5-7H2,1H3,(H,18,19,20);2*2-4,10,12-13,16-17H,5-7H2,1H3;2-4,10,12-13,17-18H,5-7H2,1H3. The molecule has 6 aromatic rings. The first kappa shape index (κ1) is 80.7. The van der Waals surface area contributed by atoms with Crippen molar-refractivity contribution < 1.29 is 100 Å². The Bertz CT molecular complexity index is 5220. The van der Waals surface area contributed by atoms with Gasteiger partial charge in [0, 0.05) is 173 Å². The van der Waals surface area contributed by atoms with Crippen LogP contribution in [0, 0.1) is 12.1 Å². The van der Waals surface area contributed by atoms with Gasteiger partial charge in [-0.15, -0.1) is 0 Å². The molecule has 28 heteroatoms. The largest absolute Gasteiger partial charge is 0.633 e. The lowest BCUT2D eigenvalue weighted by Crippen LogP contribution is -2.40. The van der Waals surface area contributed by atoms with E-state index in [0.29, 0.717) is 87.9 Å². The average molecular weight is 1660 g/mol. The Morgan fingerprint density at radius 1 is 0.383 bits per heavy atom. The second kappa shape index (κ2) is 31.4. The number of hydrogen-bond donors (Lipinski definition) is 10. The predicted molar refractivity (Wildman–Crippen MR) is 443 cm³/mol. The van der Waals surface area contributed by atoms with Crippen molar-refractivity contribution >= 4 is 10.4 Å². The number of aryl methyl sites for hydroxylation is 1. The lowest BCUT2D eigenvalue weighted by Gasteiger charge is -2.39. The van der Waals surface area contributed by atoms with Gasteiger partial charge in [-0.1, -0.05) is 72.9 Å². The zero-order chi connectivity index (χ0) is 83.4. The van der Waals surface area contributed by atoms with Crippen molar-refractivity contribution in [2.45, 2.75) is 193 Å². The number of aliphatic hydroxyl groups is 6. The summed E-state index contributed by atoms with van der Waals surface area (Å²) in [5.41, 5.74) is 22.6. The van der Waals surface area contributed by atoms with Gasteiger partial charge in [0.05, 0.1) is 70.9 Å². The van der Waals surface area contributed by atoms with Crippen molar-refractivity contribution in [3.05, 3.63) is 220 Å². The van der Waals surface area contributed by atoms with Gasteiger partial charge in [0.25, 0.3) is 0 Å². The highest BCUT2D eigenvalue weighted by Gasteiger charge is 2.52. The summed E-state index contributed by atoms with van der Waals surface area (Å²) in [7, 11) is 8.25. The molecule has 19 unspecified atom stereocenters. The Morgan fingerprint density at radius 2 is 0.683 bits per heavy atom. The topological polar surface area (TPSA) is 345 Å². The van der Waals surface area contributed by atoms with E-state index in [1.807, 2.05) is 73.8 Å². The molecule has 0 aromatic heterocycles. The summed E-state index contributed by atoms with van der Waals surface area (Å²) in [6.07, 6.45) is 12.4. The molecule has 18 aliphatic rings. The zero-order valence-electron chi connectivity index (χ0n) is 68.6. The van der Waals surface area contributed by atoms with E-state index in [0.717, 1.165) is 126 Å². The van der Waals surface area contributed by atoms with Gasteiger partial charge in [-0.05, 0) is 131 Å². The minimum Gasteiger partial charge on any atom is -0.633 e. The van der Waals surface area contributed by atoms with Crippen molar-refractivity contribution in [2.24, 2.45) is 0 Å². The minimum atomic E-state index is -4.62. The summed E-state index contributed by atoms with van der Waals surface area (Å²) in [6.45, 7) is 11.2. The molecular formula is C92H106N6O21S. The number of aliphatic hydroxyl groups excluding tert-OH is 6. The number of benzene rings is 6. The van der Waals surface area contributed by atoms with Gasteiger partial charge in [0.2, 0.25) is 0 Å². The van der Waals surface area contributed by atoms with E-state index in [9.17, 15) is 49.4 Å². The second-order valence-electron chi connectivity index (χ2n) is 35.7. The maximum Gasteiger partial charge on any atom is 0.446 e. The number of quaternary nitrogens is 1. The van der Waals surface area contributed by atoms with E-state index in [1.165, 1.54) is 72.9 Å². The Balaban J connectivity index is 0.0000000953. The Labute approximate surface area is 698 Å². The first-order valence-corrected chi connectivity index (χ1v) is 43.2. The Kier molecular flexibility index (Phi) is 21.1. The average Bonchev–Trinajstić information content (AvgIpc) is 1.61. The van der Waals surface area contributed by atoms with Gasteiger partial charge in [-0.25, -0.2) is 0 Å². The summed E-state index contributed by atoms with van der Waals surface area (Å²) in [4.78, 5) is 6.70. The molecule has 0 bridgehead atoms. The van der Waals surface area contributed by atoms with E-state index < -0.39 is 40.9 Å². The van der Waals surface area contributed by atoms with Gasteiger partial charge >= 0.3 is 10.4 Å². The van der Waals surface area contributed by atoms with Crippen molar-refractivity contribution in [3.8, 4) is 63.2 Å². The number of phenols is 1. The van der Waals surface area contributed by atoms with Crippen LogP contribution in [0.1, 0.15) is 146 Å². The van der Waals surface area contributed by atoms with Crippen LogP contribution in [0.3, 0.4) is 0 Å². The summed E-state index contributed by atoms with van der Waals surface area (Å²) in [5.74, 6) is 8.24. The van der Waals surface area contributed by atoms with Crippen LogP contribution in [-0.4, -0.2) is 230 Å². The molecule has 6 aliphatic carbocycles. The zero-order valence-corrected chi connectivity index (χ0v) is 69.4. The van der Waals surface area contributed by atoms with Gasteiger partial charge in [0.15, 0.2) is 57.5 Å². The van der Waals surface area contributed by atoms with Crippen molar-refractivity contribution in [3.63, 3.8) is 0 Å². The molecule has 0 amide bonds. The van der Waals surface area contributed by atoms with E-state index in [2.05, 4.69) is 74.8 Å². The highest BCUT2D eigenvalue weighted by atomic mass is 32.3. The Morgan fingerprint density at radius 3 is 1.10 bits per heavy atom. The van der Waals surface area contributed by atoms with Crippen LogP contribution in [-0.2, 0) is 49.7 Å². The maximum atomic E-state index is 12.7. The first-order valence-electron chi connectivity index (χ1n) is 41.9. The molecule has 12 aliphatic heterocycles. The Hall–Kier alpha value is -9.05. The monoisotopic (exact) mass is 1660 g/mol. The van der Waals surface area contributed by atoms with E-state index >= 15 is 0 Å². The summed E-state index contributed by atoms with van der Waals surface area (Å²) < 4.78 is 88.0. The highest BCUT2D eigenvalue weighted by Crippen LogP contribution is 2.60. The number of nitrogens with one attached hydrogen (secondary N) is 2. The number of ether oxygens (including phenoxy) is 9. The fraction of sp³-hybridized carbons (Fsp3) is 0.478. The second-order valence-corrected chi connectivity index (χ2v) is 36.7. The molecule has 12 heterocycles. The van der Waals surface area contributed by atoms with Gasteiger partial charge < -0.3 is 103 Å². The van der Waals surface area contributed by atoms with Crippen LogP contribution < -0.4 is 57.4 Å². The third-order valence-corrected chi connectivity index (χ3v) is 27.4. The molecule has 10 N–H and O–H groups in total. The van der Waals surface area contributed by atoms with Gasteiger partial charge in [-0.2, -0.15) is 8.42 Å². The molecule has 0 saturated heterocycles. The quantitative estimate of drug-likeness (QED) is 0.0334. The van der Waals surface area contributed by atoms with E-state index in [1.54, 1.807) is 40.5 Å². The molecule has 24 rings (SSSR count). The fourth-order valence-corrected chi connectivity index (χ4v) is 23.0. The van der Waals surface area contributed by atoms with Crippen LogP contribution in [0.15, 0.2) is 143 Å². The molecule has 19 atom stereocenters. The molecule has 27 nitrogen and oxygen atoms in total. The van der Waals surface area contributed by atoms with Crippen LogP contribution in [0.4, 0.5) is 0 Å². The molecule has 6 aromatic carbocycles. The van der Waals surface area contributed by atoms with Crippen LogP contribution in [0.2, 0.25) is 0 Å². The number of phenolic OH excluding ortho intramolecular Hbond substituents is 1. The number of hydroxylamine groups is 3. The predicted octanol–water partition coefficient (Wildman–Crippen LogP) is 8.56. The van der Waals surface area contributed by atoms with Crippen molar-refractivity contribution in [2.75, 3.05) is 88.8 Å². The maximum absolute atomic E-state index is 12.7. The van der Waals surface area contributed by atoms with Crippen molar-refractivity contribution in [1.82, 2.24) is 25.3 Å². The molecular weight excluding hydrogens is 1560 g/mol. The molecule has 636 valence electrons. The fourth-order valence-electron chi connectivity index (χ4n) is 22.6. The highest BCUT2D eigenvalue weighted by molar-refractivity contribution is 7.81. The minimum absolute atomic E-state index is 0.0148. The summed E-state index contributed by atoms with van der Waals surface area (Å²) in [5, 5.41) is 89.6. The molecule has 0 saturated carbocycles. The lowest BCUT2D eigenvalue weighted by molar-refractivity contribution is -0.869. The third-order valence-electron chi connectivity index (χ3n) is 27.0. The SMILES string of the molecule is CN1CC2=CC(O)CC3Oc4c(O)ccc(c4C23)C1.CN1CC2=CC(O)CC3Oc4c(OS(=O)(=O)O)ccc(c4C23)C1.COc1ccc2c3c1OC1CC(O)C=C(CNC2)C31.COc1ccc2c3c1OC1CC(O)C=C(CNC2)C31.COc1ccc2c3c1OC1CC(O)C=C(C[N+](C)([O-])C2)C31.Cc1ccc2c3c1OC1CC(O)C=C(CN(C)C2)C31. The van der Waals surface area contributed by atoms with Crippen LogP contribution in [0.5, 0.6) is 63.2 Å². The van der Waals surface area contributed by atoms with E-state index in [4.69, 9.17) is 47.2 Å². The number of aromatic hydroxyl groups is 1. The summed E-state index contributed by atoms with van der Waals surface area (Å²) >= 11 is 0. The molecule has 120 heavy (non-hydrogen) atoms. The number of nitrogens with zero attached hydrogens (tertiary/aromatic N) is 4. The normalized spacial score (nSPS) is 32.1. The van der Waals surface area contributed by atoms with E-state index in [-0.39, 0.29) is 88.5 Å². The first-order chi connectivity index (χ1) is 57.6. The summed E-state index contributed by atoms with van der Waals surface area (Å²) in [6, 6.07) is 23.4.